The first kappa shape index (κ1) is 40.1. The topological polar surface area (TPSA) is 126 Å². The smallest absolute Gasteiger partial charge is 0.154 e. The van der Waals surface area contributed by atoms with Crippen LogP contribution in [0.25, 0.3) is 0 Å². The maximum atomic E-state index is 15.3. The average molecular weight is 813 g/mol. The molecule has 6 aliphatic heterocycles. The number of rotatable bonds is 9. The molecule has 0 amide bonds. The van der Waals surface area contributed by atoms with Crippen molar-refractivity contribution in [3.8, 4) is 18.2 Å². The summed E-state index contributed by atoms with van der Waals surface area (Å²) in [7, 11) is -2.72. The zero-order valence-corrected chi connectivity index (χ0v) is 35.2. The molecule has 0 N–H and O–H groups in total. The molecular formula is C48H57N6O4P. The second-order valence-electron chi connectivity index (χ2n) is 18.0. The van der Waals surface area contributed by atoms with Gasteiger partial charge in [0.1, 0.15) is 16.8 Å². The molecule has 9 aliphatic rings. The SMILES string of the molecule is N#C/C=C1\N2C=CC(CCP(=O)(CCC3=CC4OC5(CCCCC5)/C(=C/C#N)N4C=C3)CCC3=CC4OC5(CCCCC5)/C(=C/C#N)N4C=C3)=CC2OC12CCCCC2. The Balaban J connectivity index is 0.920. The number of ether oxygens (including phenoxy) is 3. The van der Waals surface area contributed by atoms with Gasteiger partial charge in [0.15, 0.2) is 18.7 Å². The summed E-state index contributed by atoms with van der Waals surface area (Å²) in [5.41, 5.74) is 5.04. The van der Waals surface area contributed by atoms with E-state index in [9.17, 15) is 15.8 Å². The molecule has 3 aliphatic carbocycles. The van der Waals surface area contributed by atoms with Crippen molar-refractivity contribution >= 4 is 7.14 Å². The third-order valence-corrected chi connectivity index (χ3v) is 17.6. The van der Waals surface area contributed by atoms with Crippen molar-refractivity contribution in [3.63, 3.8) is 0 Å². The predicted octanol–water partition coefficient (Wildman–Crippen LogP) is 10.2. The van der Waals surface area contributed by atoms with E-state index in [0.717, 1.165) is 111 Å². The highest BCUT2D eigenvalue weighted by molar-refractivity contribution is 7.63. The number of hydrogen-bond acceptors (Lipinski definition) is 10. The van der Waals surface area contributed by atoms with Gasteiger partial charge >= 0.3 is 0 Å². The van der Waals surface area contributed by atoms with Crippen LogP contribution in [0.5, 0.6) is 0 Å². The predicted molar refractivity (Wildman–Crippen MR) is 226 cm³/mol. The molecule has 3 saturated carbocycles. The summed E-state index contributed by atoms with van der Waals surface area (Å²) in [6, 6.07) is 6.83. The molecular weight excluding hydrogens is 756 g/mol. The van der Waals surface area contributed by atoms with Crippen LogP contribution in [0.15, 0.2) is 107 Å². The summed E-state index contributed by atoms with van der Waals surface area (Å²) in [6.45, 7) is 0. The Labute approximate surface area is 350 Å². The minimum absolute atomic E-state index is 0.259. The van der Waals surface area contributed by atoms with E-state index < -0.39 is 23.9 Å². The first-order valence-corrected chi connectivity index (χ1v) is 24.5. The van der Waals surface area contributed by atoms with Crippen LogP contribution < -0.4 is 0 Å². The lowest BCUT2D eigenvalue weighted by molar-refractivity contribution is -0.0456. The molecule has 0 aromatic carbocycles. The molecule has 308 valence electrons. The first-order valence-electron chi connectivity index (χ1n) is 22.2. The molecule has 0 bridgehead atoms. The summed E-state index contributed by atoms with van der Waals surface area (Å²) in [5.74, 6) is 0. The number of allylic oxidation sites excluding steroid dienone is 9. The van der Waals surface area contributed by atoms with E-state index >= 15 is 4.57 Å². The number of hydrogen-bond donors (Lipinski definition) is 0. The van der Waals surface area contributed by atoms with Crippen LogP contribution in [0.1, 0.15) is 116 Å². The van der Waals surface area contributed by atoms with Gasteiger partial charge in [0, 0.05) is 55.3 Å². The highest BCUT2D eigenvalue weighted by Crippen LogP contribution is 2.53. The number of nitriles is 3. The van der Waals surface area contributed by atoms with Crippen molar-refractivity contribution in [2.24, 2.45) is 0 Å². The van der Waals surface area contributed by atoms with Crippen molar-refractivity contribution < 1.29 is 18.8 Å². The fourth-order valence-corrected chi connectivity index (χ4v) is 14.0. The zero-order chi connectivity index (χ0) is 40.5. The number of fused-ring (bicyclic) bond motifs is 3. The van der Waals surface area contributed by atoms with Gasteiger partial charge in [0.05, 0.1) is 42.4 Å². The second kappa shape index (κ2) is 16.6. The van der Waals surface area contributed by atoms with Gasteiger partial charge in [-0.15, -0.1) is 0 Å². The second-order valence-corrected chi connectivity index (χ2v) is 21.5. The van der Waals surface area contributed by atoms with Crippen LogP contribution in [0.2, 0.25) is 0 Å². The standard InChI is InChI=1S/C48H57N6O4P/c49-25-10-40-46(19-4-1-5-20-46)56-43-34-37(13-28-52(40)43)16-31-59(55,32-17-38-14-29-53-41(11-26-50)47(57-44(53)35-38)21-6-2-7-22-47)33-18-39-15-30-54-42(12-27-51)48(58-45(54)36-39)23-8-3-9-24-48/h10-15,28-30,34-36,43-45H,1-9,16-24,31-33H2/b40-10-,41-11-,42-12-. The molecule has 6 heterocycles. The molecule has 10 nitrogen and oxygen atoms in total. The van der Waals surface area contributed by atoms with Gasteiger partial charge in [-0.1, -0.05) is 57.8 Å². The summed E-state index contributed by atoms with van der Waals surface area (Å²) in [6.07, 6.45) is 42.8. The van der Waals surface area contributed by atoms with Crippen molar-refractivity contribution in [2.45, 2.75) is 151 Å². The Morgan fingerprint density at radius 1 is 0.525 bits per heavy atom. The molecule has 11 heteroatoms. The third kappa shape index (κ3) is 7.66. The monoisotopic (exact) mass is 812 g/mol. The molecule has 6 fully saturated rings. The summed E-state index contributed by atoms with van der Waals surface area (Å²) >= 11 is 0. The Morgan fingerprint density at radius 3 is 1.08 bits per heavy atom. The minimum atomic E-state index is -2.72. The summed E-state index contributed by atoms with van der Waals surface area (Å²) < 4.78 is 35.7. The van der Waals surface area contributed by atoms with Gasteiger partial charge in [-0.05, 0) is 111 Å². The van der Waals surface area contributed by atoms with Gasteiger partial charge in [0.25, 0.3) is 0 Å². The molecule has 3 saturated heterocycles. The van der Waals surface area contributed by atoms with Crippen LogP contribution in [0.3, 0.4) is 0 Å². The van der Waals surface area contributed by atoms with Gasteiger partial charge < -0.3 is 33.5 Å². The van der Waals surface area contributed by atoms with Crippen LogP contribution in [0, 0.1) is 34.0 Å². The van der Waals surface area contributed by atoms with E-state index in [-0.39, 0.29) is 18.7 Å². The zero-order valence-electron chi connectivity index (χ0n) is 34.3. The maximum absolute atomic E-state index is 15.3. The van der Waals surface area contributed by atoms with Gasteiger partial charge in [-0.2, -0.15) is 15.8 Å². The van der Waals surface area contributed by atoms with Gasteiger partial charge in [-0.3, -0.25) is 0 Å². The highest BCUT2D eigenvalue weighted by atomic mass is 31.2. The molecule has 0 aromatic heterocycles. The minimum Gasteiger partial charge on any atom is -0.342 e. The molecule has 3 unspecified atom stereocenters. The van der Waals surface area contributed by atoms with E-state index in [1.165, 1.54) is 19.3 Å². The lowest BCUT2D eigenvalue weighted by Crippen LogP contribution is -2.33. The first-order chi connectivity index (χ1) is 28.8. The van der Waals surface area contributed by atoms with E-state index in [1.54, 1.807) is 18.2 Å². The molecule has 0 radical (unpaired) electrons. The van der Waals surface area contributed by atoms with Gasteiger partial charge in [-0.25, -0.2) is 0 Å². The van der Waals surface area contributed by atoms with Crippen molar-refractivity contribution in [3.05, 3.63) is 107 Å². The van der Waals surface area contributed by atoms with Crippen LogP contribution >= 0.6 is 7.14 Å². The highest BCUT2D eigenvalue weighted by Gasteiger charge is 2.51. The Bertz CT molecular complexity index is 1900. The quantitative estimate of drug-likeness (QED) is 0.164. The molecule has 3 atom stereocenters. The third-order valence-electron chi connectivity index (χ3n) is 14.5. The van der Waals surface area contributed by atoms with E-state index in [2.05, 4.69) is 88.0 Å². The van der Waals surface area contributed by atoms with E-state index in [1.807, 2.05) is 0 Å². The Hall–Kier alpha value is -4.36. The Morgan fingerprint density at radius 2 is 0.814 bits per heavy atom. The van der Waals surface area contributed by atoms with Crippen molar-refractivity contribution in [2.75, 3.05) is 18.5 Å². The molecule has 0 aromatic rings. The fraction of sp³-hybridized carbons (Fsp3) is 0.562. The van der Waals surface area contributed by atoms with E-state index in [0.29, 0.717) is 37.7 Å². The fourth-order valence-electron chi connectivity index (χ4n) is 11.4. The van der Waals surface area contributed by atoms with Crippen molar-refractivity contribution in [1.29, 1.82) is 15.8 Å². The van der Waals surface area contributed by atoms with Crippen molar-refractivity contribution in [1.82, 2.24) is 14.7 Å². The lowest BCUT2D eigenvalue weighted by atomic mass is 9.82. The average Bonchev–Trinajstić information content (AvgIpc) is 3.82. The van der Waals surface area contributed by atoms with Gasteiger partial charge in [0.2, 0.25) is 0 Å². The normalized spacial score (nSPS) is 31.4. The summed E-state index contributed by atoms with van der Waals surface area (Å²) in [4.78, 5) is 6.36. The lowest BCUT2D eigenvalue weighted by Gasteiger charge is -2.33. The Kier molecular flexibility index (Phi) is 11.3. The maximum Gasteiger partial charge on any atom is 0.154 e. The largest absolute Gasteiger partial charge is 0.342 e. The molecule has 59 heavy (non-hydrogen) atoms. The van der Waals surface area contributed by atoms with Crippen LogP contribution in [-0.2, 0) is 18.8 Å². The van der Waals surface area contributed by atoms with E-state index in [4.69, 9.17) is 14.2 Å². The van der Waals surface area contributed by atoms with Crippen LogP contribution in [-0.4, -0.2) is 68.7 Å². The number of nitrogens with zero attached hydrogens (tertiary/aromatic N) is 6. The van der Waals surface area contributed by atoms with Crippen LogP contribution in [0.4, 0.5) is 0 Å². The summed E-state index contributed by atoms with van der Waals surface area (Å²) in [5, 5.41) is 29.0. The molecule has 3 spiro atoms. The molecule has 9 rings (SSSR count).